The van der Waals surface area contributed by atoms with Gasteiger partial charge in [-0.2, -0.15) is 0 Å². The molecule has 0 N–H and O–H groups in total. The van der Waals surface area contributed by atoms with Gasteiger partial charge in [0.05, 0.1) is 0 Å². The van der Waals surface area contributed by atoms with Crippen LogP contribution in [0.2, 0.25) is 0 Å². The standard InChI is InChI=1S/C13H10IN3S/c14-11-6-4-10(5-7-11)9-18-13-16-15-12-3-1-2-8-17(12)13/h1-8H,9H2. The van der Waals surface area contributed by atoms with Crippen molar-refractivity contribution < 1.29 is 0 Å². The maximum absolute atomic E-state index is 4.20. The first-order valence-electron chi connectivity index (χ1n) is 5.50. The van der Waals surface area contributed by atoms with Crippen molar-refractivity contribution in [3.05, 3.63) is 57.8 Å². The highest BCUT2D eigenvalue weighted by atomic mass is 127. The Kier molecular flexibility index (Phi) is 3.51. The maximum Gasteiger partial charge on any atom is 0.195 e. The van der Waals surface area contributed by atoms with Crippen LogP contribution < -0.4 is 0 Å². The zero-order chi connectivity index (χ0) is 12.4. The third-order valence-electron chi connectivity index (χ3n) is 2.56. The lowest BCUT2D eigenvalue weighted by molar-refractivity contribution is 0.921. The predicted molar refractivity (Wildman–Crippen MR) is 81.7 cm³/mol. The number of benzene rings is 1. The maximum atomic E-state index is 4.20. The second kappa shape index (κ2) is 5.27. The summed E-state index contributed by atoms with van der Waals surface area (Å²) in [5.41, 5.74) is 2.19. The summed E-state index contributed by atoms with van der Waals surface area (Å²) in [5.74, 6) is 0.909. The number of nitrogens with zero attached hydrogens (tertiary/aromatic N) is 3. The van der Waals surface area contributed by atoms with Crippen molar-refractivity contribution >= 4 is 40.0 Å². The Bertz CT molecular complexity index is 663. The second-order valence-electron chi connectivity index (χ2n) is 3.83. The molecule has 0 aliphatic heterocycles. The normalized spacial score (nSPS) is 10.9. The molecule has 0 bridgehead atoms. The van der Waals surface area contributed by atoms with Crippen LogP contribution in [0.3, 0.4) is 0 Å². The van der Waals surface area contributed by atoms with Crippen molar-refractivity contribution in [1.82, 2.24) is 14.6 Å². The van der Waals surface area contributed by atoms with Gasteiger partial charge in [0.15, 0.2) is 10.8 Å². The molecular weight excluding hydrogens is 357 g/mol. The van der Waals surface area contributed by atoms with Gasteiger partial charge in [0, 0.05) is 15.5 Å². The van der Waals surface area contributed by atoms with E-state index >= 15 is 0 Å². The van der Waals surface area contributed by atoms with E-state index in [2.05, 4.69) is 57.1 Å². The summed E-state index contributed by atoms with van der Waals surface area (Å²) < 4.78 is 3.27. The molecule has 0 saturated heterocycles. The Labute approximate surface area is 123 Å². The smallest absolute Gasteiger partial charge is 0.195 e. The van der Waals surface area contributed by atoms with Gasteiger partial charge in [-0.3, -0.25) is 4.40 Å². The molecule has 90 valence electrons. The van der Waals surface area contributed by atoms with Crippen LogP contribution in [-0.2, 0) is 5.75 Å². The molecule has 18 heavy (non-hydrogen) atoms. The van der Waals surface area contributed by atoms with Gasteiger partial charge in [0.25, 0.3) is 0 Å². The van der Waals surface area contributed by atoms with E-state index in [-0.39, 0.29) is 0 Å². The zero-order valence-electron chi connectivity index (χ0n) is 9.45. The van der Waals surface area contributed by atoms with Crippen LogP contribution in [0, 0.1) is 3.57 Å². The van der Waals surface area contributed by atoms with Crippen LogP contribution in [-0.4, -0.2) is 14.6 Å². The summed E-state index contributed by atoms with van der Waals surface area (Å²) in [4.78, 5) is 0. The van der Waals surface area contributed by atoms with Gasteiger partial charge in [0.1, 0.15) is 0 Å². The van der Waals surface area contributed by atoms with Gasteiger partial charge in [-0.15, -0.1) is 10.2 Å². The van der Waals surface area contributed by atoms with E-state index < -0.39 is 0 Å². The van der Waals surface area contributed by atoms with Crippen molar-refractivity contribution in [2.75, 3.05) is 0 Å². The molecule has 0 fully saturated rings. The van der Waals surface area contributed by atoms with Gasteiger partial charge in [-0.05, 0) is 52.4 Å². The minimum Gasteiger partial charge on any atom is -0.277 e. The largest absolute Gasteiger partial charge is 0.277 e. The van der Waals surface area contributed by atoms with Crippen LogP contribution >= 0.6 is 34.4 Å². The number of rotatable bonds is 3. The summed E-state index contributed by atoms with van der Waals surface area (Å²) >= 11 is 4.02. The molecular formula is C13H10IN3S. The van der Waals surface area contributed by atoms with E-state index in [0.29, 0.717) is 0 Å². The Morgan fingerprint density at radius 2 is 1.89 bits per heavy atom. The highest BCUT2D eigenvalue weighted by molar-refractivity contribution is 14.1. The molecule has 3 aromatic rings. The topological polar surface area (TPSA) is 30.2 Å². The highest BCUT2D eigenvalue weighted by Gasteiger charge is 2.05. The quantitative estimate of drug-likeness (QED) is 0.523. The SMILES string of the molecule is Ic1ccc(CSc2nnc3ccccn23)cc1. The van der Waals surface area contributed by atoms with Crippen molar-refractivity contribution in [3.8, 4) is 0 Å². The molecule has 2 heterocycles. The summed E-state index contributed by atoms with van der Waals surface area (Å²) in [6.07, 6.45) is 1.99. The number of halogens is 1. The second-order valence-corrected chi connectivity index (χ2v) is 6.01. The van der Waals surface area contributed by atoms with Crippen LogP contribution in [0.25, 0.3) is 5.65 Å². The number of hydrogen-bond acceptors (Lipinski definition) is 3. The number of hydrogen-bond donors (Lipinski definition) is 0. The lowest BCUT2D eigenvalue weighted by atomic mass is 10.2. The van der Waals surface area contributed by atoms with E-state index in [1.807, 2.05) is 28.8 Å². The van der Waals surface area contributed by atoms with Crippen LogP contribution in [0.5, 0.6) is 0 Å². The Morgan fingerprint density at radius 3 is 2.72 bits per heavy atom. The molecule has 0 spiro atoms. The fourth-order valence-corrected chi connectivity index (χ4v) is 2.89. The van der Waals surface area contributed by atoms with Crippen molar-refractivity contribution in [1.29, 1.82) is 0 Å². The van der Waals surface area contributed by atoms with Crippen LogP contribution in [0.4, 0.5) is 0 Å². The molecule has 0 unspecified atom stereocenters. The fraction of sp³-hybridized carbons (Fsp3) is 0.0769. The van der Waals surface area contributed by atoms with Gasteiger partial charge in [-0.1, -0.05) is 30.0 Å². The molecule has 1 aromatic carbocycles. The summed E-state index contributed by atoms with van der Waals surface area (Å²) in [6, 6.07) is 14.5. The summed E-state index contributed by atoms with van der Waals surface area (Å²) in [7, 11) is 0. The lowest BCUT2D eigenvalue weighted by Gasteiger charge is -2.00. The van der Waals surface area contributed by atoms with E-state index in [1.54, 1.807) is 11.8 Å². The molecule has 5 heteroatoms. The van der Waals surface area contributed by atoms with E-state index in [0.717, 1.165) is 16.6 Å². The van der Waals surface area contributed by atoms with Crippen LogP contribution in [0.15, 0.2) is 53.8 Å². The summed E-state index contributed by atoms with van der Waals surface area (Å²) in [5, 5.41) is 9.27. The van der Waals surface area contributed by atoms with Gasteiger partial charge < -0.3 is 0 Å². The van der Waals surface area contributed by atoms with Gasteiger partial charge in [-0.25, -0.2) is 0 Å². The number of fused-ring (bicyclic) bond motifs is 1. The monoisotopic (exact) mass is 367 g/mol. The Balaban J connectivity index is 1.79. The molecule has 3 nitrogen and oxygen atoms in total. The molecule has 0 aliphatic carbocycles. The number of aromatic nitrogens is 3. The highest BCUT2D eigenvalue weighted by Crippen LogP contribution is 2.21. The first kappa shape index (κ1) is 12.0. The number of pyridine rings is 1. The van der Waals surface area contributed by atoms with Crippen molar-refractivity contribution in [3.63, 3.8) is 0 Å². The van der Waals surface area contributed by atoms with E-state index in [4.69, 9.17) is 0 Å². The molecule has 0 atom stereocenters. The average Bonchev–Trinajstić information content (AvgIpc) is 2.82. The third kappa shape index (κ3) is 2.51. The first-order valence-corrected chi connectivity index (χ1v) is 7.56. The molecule has 0 aliphatic rings. The van der Waals surface area contributed by atoms with E-state index in [9.17, 15) is 0 Å². The third-order valence-corrected chi connectivity index (χ3v) is 4.30. The molecule has 2 aromatic heterocycles. The Hall–Kier alpha value is -1.08. The summed E-state index contributed by atoms with van der Waals surface area (Å²) in [6.45, 7) is 0. The number of thioether (sulfide) groups is 1. The minimum atomic E-state index is 0.891. The van der Waals surface area contributed by atoms with Gasteiger partial charge >= 0.3 is 0 Å². The molecule has 0 saturated carbocycles. The van der Waals surface area contributed by atoms with Gasteiger partial charge in [0.2, 0.25) is 0 Å². The lowest BCUT2D eigenvalue weighted by Crippen LogP contribution is -1.87. The van der Waals surface area contributed by atoms with Crippen molar-refractivity contribution in [2.45, 2.75) is 10.9 Å². The molecule has 0 radical (unpaired) electrons. The van der Waals surface area contributed by atoms with E-state index in [1.165, 1.54) is 9.13 Å². The Morgan fingerprint density at radius 1 is 1.06 bits per heavy atom. The first-order chi connectivity index (χ1) is 8.83. The average molecular weight is 367 g/mol. The molecule has 3 rings (SSSR count). The predicted octanol–water partition coefficient (Wildman–Crippen LogP) is 3.63. The minimum absolute atomic E-state index is 0.891. The zero-order valence-corrected chi connectivity index (χ0v) is 12.4. The van der Waals surface area contributed by atoms with Crippen molar-refractivity contribution in [2.24, 2.45) is 0 Å². The molecule has 0 amide bonds. The fourth-order valence-electron chi connectivity index (χ4n) is 1.65. The van der Waals surface area contributed by atoms with Crippen LogP contribution in [0.1, 0.15) is 5.56 Å².